The standard InChI is InChI=1S/C24H24N4O4S/c1-15-11-16(2)13-19(12-15)27-22(31)20-5-4-8-26-24(20)33-23(18-6-9-25-10-7-18)28-21(30)14-32-17(3)29/h4-13,23H,14H2,1-3H3,(H,27,31)(H,28,30). The van der Waals surface area contributed by atoms with Crippen molar-refractivity contribution >= 4 is 35.2 Å². The number of aromatic nitrogens is 2. The second kappa shape index (κ2) is 11.2. The number of pyridine rings is 2. The van der Waals surface area contributed by atoms with Crippen molar-refractivity contribution in [1.82, 2.24) is 15.3 Å². The van der Waals surface area contributed by atoms with Gasteiger partial charge < -0.3 is 15.4 Å². The minimum atomic E-state index is -0.585. The monoisotopic (exact) mass is 464 g/mol. The molecule has 0 fully saturated rings. The van der Waals surface area contributed by atoms with Crippen LogP contribution in [0.5, 0.6) is 0 Å². The van der Waals surface area contributed by atoms with Crippen molar-refractivity contribution < 1.29 is 19.1 Å². The Kier molecular flexibility index (Phi) is 8.15. The maximum Gasteiger partial charge on any atom is 0.303 e. The number of nitrogens with zero attached hydrogens (tertiary/aromatic N) is 2. The molecule has 0 aliphatic heterocycles. The van der Waals surface area contributed by atoms with E-state index in [2.05, 4.69) is 20.6 Å². The number of ether oxygens (including phenoxy) is 1. The van der Waals surface area contributed by atoms with E-state index in [4.69, 9.17) is 4.74 Å². The second-order valence-electron chi connectivity index (χ2n) is 7.31. The Morgan fingerprint density at radius 1 is 1.03 bits per heavy atom. The average molecular weight is 465 g/mol. The van der Waals surface area contributed by atoms with E-state index in [1.807, 2.05) is 32.0 Å². The highest BCUT2D eigenvalue weighted by molar-refractivity contribution is 7.99. The van der Waals surface area contributed by atoms with Crippen LogP contribution in [0.4, 0.5) is 5.69 Å². The van der Waals surface area contributed by atoms with Gasteiger partial charge in [-0.3, -0.25) is 19.4 Å². The first-order valence-electron chi connectivity index (χ1n) is 10.2. The third-order valence-electron chi connectivity index (χ3n) is 4.43. The first kappa shape index (κ1) is 23.9. The summed E-state index contributed by atoms with van der Waals surface area (Å²) >= 11 is 1.20. The van der Waals surface area contributed by atoms with Gasteiger partial charge >= 0.3 is 5.97 Å². The number of amides is 2. The molecule has 2 N–H and O–H groups in total. The van der Waals surface area contributed by atoms with Crippen LogP contribution in [0.15, 0.2) is 66.1 Å². The zero-order valence-electron chi connectivity index (χ0n) is 18.5. The van der Waals surface area contributed by atoms with Crippen LogP contribution in [0.3, 0.4) is 0 Å². The molecule has 0 saturated heterocycles. The van der Waals surface area contributed by atoms with Gasteiger partial charge in [0.1, 0.15) is 10.4 Å². The summed E-state index contributed by atoms with van der Waals surface area (Å²) < 4.78 is 4.79. The third kappa shape index (κ3) is 7.15. The molecular weight excluding hydrogens is 440 g/mol. The highest BCUT2D eigenvalue weighted by Gasteiger charge is 2.21. The van der Waals surface area contributed by atoms with Gasteiger partial charge in [-0.15, -0.1) is 0 Å². The van der Waals surface area contributed by atoms with Crippen LogP contribution >= 0.6 is 11.8 Å². The molecule has 0 radical (unpaired) electrons. The highest BCUT2D eigenvalue weighted by Crippen LogP contribution is 2.34. The SMILES string of the molecule is CC(=O)OCC(=O)NC(Sc1ncccc1C(=O)Nc1cc(C)cc(C)c1)c1ccncc1. The lowest BCUT2D eigenvalue weighted by Gasteiger charge is -2.19. The number of thioether (sulfide) groups is 1. The van der Waals surface area contributed by atoms with E-state index in [-0.39, 0.29) is 5.91 Å². The molecular formula is C24H24N4O4S. The molecule has 2 amide bonds. The molecule has 1 unspecified atom stereocenters. The predicted molar refractivity (Wildman–Crippen MR) is 126 cm³/mol. The molecule has 9 heteroatoms. The lowest BCUT2D eigenvalue weighted by molar-refractivity contribution is -0.146. The van der Waals surface area contributed by atoms with Crippen molar-refractivity contribution in [3.8, 4) is 0 Å². The fourth-order valence-electron chi connectivity index (χ4n) is 3.09. The molecule has 3 rings (SSSR count). The summed E-state index contributed by atoms with van der Waals surface area (Å²) in [6.07, 6.45) is 4.79. The number of carbonyl (C=O) groups is 3. The van der Waals surface area contributed by atoms with Gasteiger partial charge in [0, 0.05) is 31.2 Å². The van der Waals surface area contributed by atoms with Crippen molar-refractivity contribution in [2.45, 2.75) is 31.2 Å². The number of rotatable bonds is 8. The van der Waals surface area contributed by atoms with Gasteiger partial charge in [0.25, 0.3) is 11.8 Å². The zero-order valence-corrected chi connectivity index (χ0v) is 19.3. The van der Waals surface area contributed by atoms with E-state index in [1.165, 1.54) is 18.7 Å². The topological polar surface area (TPSA) is 110 Å². The molecule has 3 aromatic rings. The van der Waals surface area contributed by atoms with Crippen LogP contribution in [-0.2, 0) is 14.3 Å². The Labute approximate surface area is 196 Å². The quantitative estimate of drug-likeness (QED) is 0.296. The van der Waals surface area contributed by atoms with Gasteiger partial charge in [0.05, 0.1) is 5.56 Å². The number of carbonyl (C=O) groups excluding carboxylic acids is 3. The number of anilines is 1. The van der Waals surface area contributed by atoms with E-state index < -0.39 is 23.9 Å². The number of hydrogen-bond acceptors (Lipinski definition) is 7. The maximum atomic E-state index is 13.1. The molecule has 0 saturated carbocycles. The van der Waals surface area contributed by atoms with E-state index in [0.29, 0.717) is 16.3 Å². The number of nitrogens with one attached hydrogen (secondary N) is 2. The molecule has 1 atom stereocenters. The second-order valence-corrected chi connectivity index (χ2v) is 8.41. The van der Waals surface area contributed by atoms with Gasteiger partial charge in [-0.25, -0.2) is 4.98 Å². The molecule has 2 aromatic heterocycles. The predicted octanol–water partition coefficient (Wildman–Crippen LogP) is 3.82. The Morgan fingerprint density at radius 2 is 1.73 bits per heavy atom. The fraction of sp³-hybridized carbons (Fsp3) is 0.208. The molecule has 1 aromatic carbocycles. The van der Waals surface area contributed by atoms with Crippen molar-refractivity contribution in [1.29, 1.82) is 0 Å². The summed E-state index contributed by atoms with van der Waals surface area (Å²) in [5, 5.41) is 5.59. The Bertz CT molecular complexity index is 1130. The lowest BCUT2D eigenvalue weighted by Crippen LogP contribution is -2.31. The van der Waals surface area contributed by atoms with E-state index in [9.17, 15) is 14.4 Å². The summed E-state index contributed by atoms with van der Waals surface area (Å²) in [4.78, 5) is 44.8. The summed E-state index contributed by atoms with van der Waals surface area (Å²) in [6.45, 7) is 4.76. The van der Waals surface area contributed by atoms with Gasteiger partial charge in [-0.1, -0.05) is 17.8 Å². The van der Waals surface area contributed by atoms with Gasteiger partial charge in [0.15, 0.2) is 6.61 Å². The van der Waals surface area contributed by atoms with Crippen LogP contribution in [-0.4, -0.2) is 34.4 Å². The van der Waals surface area contributed by atoms with Crippen LogP contribution in [0.25, 0.3) is 0 Å². The number of aryl methyl sites for hydroxylation is 2. The van der Waals surface area contributed by atoms with Crippen molar-refractivity contribution in [3.05, 3.63) is 83.3 Å². The molecule has 33 heavy (non-hydrogen) atoms. The first-order valence-corrected chi connectivity index (χ1v) is 11.0. The smallest absolute Gasteiger partial charge is 0.303 e. The van der Waals surface area contributed by atoms with Crippen LogP contribution < -0.4 is 10.6 Å². The molecule has 0 bridgehead atoms. The van der Waals surface area contributed by atoms with Crippen LogP contribution in [0.1, 0.15) is 39.3 Å². The zero-order chi connectivity index (χ0) is 23.8. The van der Waals surface area contributed by atoms with Gasteiger partial charge in [-0.2, -0.15) is 0 Å². The van der Waals surface area contributed by atoms with E-state index >= 15 is 0 Å². The molecule has 8 nitrogen and oxygen atoms in total. The molecule has 0 spiro atoms. The largest absolute Gasteiger partial charge is 0.456 e. The Morgan fingerprint density at radius 3 is 2.39 bits per heavy atom. The molecule has 0 aliphatic carbocycles. The van der Waals surface area contributed by atoms with Gasteiger partial charge in [0.2, 0.25) is 0 Å². The van der Waals surface area contributed by atoms with Crippen molar-refractivity contribution in [3.63, 3.8) is 0 Å². The summed E-state index contributed by atoms with van der Waals surface area (Å²) in [5.41, 5.74) is 3.89. The number of esters is 1. The van der Waals surface area contributed by atoms with Gasteiger partial charge in [-0.05, 0) is 66.9 Å². The summed E-state index contributed by atoms with van der Waals surface area (Å²) in [7, 11) is 0. The minimum absolute atomic E-state index is 0.310. The van der Waals surface area contributed by atoms with Crippen LogP contribution in [0.2, 0.25) is 0 Å². The van der Waals surface area contributed by atoms with E-state index in [0.717, 1.165) is 16.7 Å². The van der Waals surface area contributed by atoms with E-state index in [1.54, 1.807) is 42.9 Å². The third-order valence-corrected chi connectivity index (χ3v) is 5.61. The lowest BCUT2D eigenvalue weighted by atomic mass is 10.1. The Hall–Kier alpha value is -3.72. The van der Waals surface area contributed by atoms with Crippen molar-refractivity contribution in [2.24, 2.45) is 0 Å². The average Bonchev–Trinajstić information content (AvgIpc) is 2.77. The molecule has 170 valence electrons. The van der Waals surface area contributed by atoms with Crippen molar-refractivity contribution in [2.75, 3.05) is 11.9 Å². The van der Waals surface area contributed by atoms with Crippen LogP contribution in [0, 0.1) is 13.8 Å². The Balaban J connectivity index is 1.83. The molecule has 0 aliphatic rings. The highest BCUT2D eigenvalue weighted by atomic mass is 32.2. The number of hydrogen-bond donors (Lipinski definition) is 2. The maximum absolute atomic E-state index is 13.1. The fourth-order valence-corrected chi connectivity index (χ4v) is 4.20. The normalized spacial score (nSPS) is 11.4. The first-order chi connectivity index (χ1) is 15.8. The minimum Gasteiger partial charge on any atom is -0.456 e. The number of benzene rings is 1. The summed E-state index contributed by atoms with van der Waals surface area (Å²) in [5.74, 6) is -1.33. The molecule has 2 heterocycles. The summed E-state index contributed by atoms with van der Waals surface area (Å²) in [6, 6.07) is 12.7.